The summed E-state index contributed by atoms with van der Waals surface area (Å²) in [5.74, 6) is -0.185. The van der Waals surface area contributed by atoms with Crippen LogP contribution in [0.2, 0.25) is 0 Å². The minimum Gasteiger partial charge on any atom is -0.494 e. The number of nitrogens with zero attached hydrogens (tertiary/aromatic N) is 7. The first-order valence-corrected chi connectivity index (χ1v) is 20.1. The second-order valence-electron chi connectivity index (χ2n) is 16.0. The molecule has 4 fully saturated rings. The van der Waals surface area contributed by atoms with Crippen molar-refractivity contribution in [3.8, 4) is 17.0 Å². The van der Waals surface area contributed by atoms with Crippen molar-refractivity contribution < 1.29 is 14.6 Å². The van der Waals surface area contributed by atoms with Crippen molar-refractivity contribution in [2.45, 2.75) is 63.8 Å². The van der Waals surface area contributed by atoms with E-state index in [2.05, 4.69) is 39.0 Å². The third kappa shape index (κ3) is 7.48. The monoisotopic (exact) mass is 744 g/mol. The normalized spacial score (nSPS) is 22.9. The van der Waals surface area contributed by atoms with Gasteiger partial charge < -0.3 is 39.5 Å². The third-order valence-electron chi connectivity index (χ3n) is 12.2. The molecule has 0 spiro atoms. The first-order chi connectivity index (χ1) is 26.3. The van der Waals surface area contributed by atoms with E-state index in [0.717, 1.165) is 104 Å². The highest BCUT2D eigenvalue weighted by Gasteiger charge is 2.31. The maximum atomic E-state index is 14.6. The van der Waals surface area contributed by atoms with Crippen molar-refractivity contribution in [3.05, 3.63) is 48.6 Å². The van der Waals surface area contributed by atoms with E-state index in [1.165, 1.54) is 9.13 Å². The van der Waals surface area contributed by atoms with Gasteiger partial charge in [0.2, 0.25) is 5.88 Å². The lowest BCUT2D eigenvalue weighted by atomic mass is 9.89. The Labute approximate surface area is 315 Å². The van der Waals surface area contributed by atoms with Gasteiger partial charge in [-0.3, -0.25) is 28.5 Å². The number of hydrogen-bond donors (Lipinski definition) is 2. The summed E-state index contributed by atoms with van der Waals surface area (Å²) in [6, 6.07) is 3.53. The molecule has 2 N–H and O–H groups in total. The van der Waals surface area contributed by atoms with Gasteiger partial charge >= 0.3 is 0 Å². The number of nitrogens with one attached hydrogen (secondary N) is 1. The molecular formula is C40H56N8O6. The SMILES string of the molecule is CN1CCN(CCCN=c2cc3c(=O)n(C[C@H]4CCCO4)c(=O)c4c(NCCCN5CCN(C)CC5)cc5c(O)n(C[C@@H]6CCCO6)c(=O)c2c5c4-3)CC1. The fourth-order valence-corrected chi connectivity index (χ4v) is 8.90. The Balaban J connectivity index is 1.25. The maximum absolute atomic E-state index is 14.6. The fourth-order valence-electron chi connectivity index (χ4n) is 8.90. The number of piperazine rings is 2. The Bertz CT molecular complexity index is 2130. The number of ether oxygens (including phenoxy) is 2. The van der Waals surface area contributed by atoms with Gasteiger partial charge in [-0.25, -0.2) is 0 Å². The molecule has 0 radical (unpaired) electrons. The highest BCUT2D eigenvalue weighted by Crippen LogP contribution is 2.41. The Hall–Kier alpha value is -3.66. The van der Waals surface area contributed by atoms with Gasteiger partial charge in [-0.2, -0.15) is 0 Å². The molecule has 0 amide bonds. The molecule has 5 aliphatic heterocycles. The van der Waals surface area contributed by atoms with Crippen molar-refractivity contribution in [2.24, 2.45) is 4.99 Å². The van der Waals surface area contributed by atoms with Crippen LogP contribution in [-0.4, -0.2) is 152 Å². The third-order valence-corrected chi connectivity index (χ3v) is 12.2. The molecule has 292 valence electrons. The van der Waals surface area contributed by atoms with Gasteiger partial charge in [0, 0.05) is 101 Å². The molecule has 0 bridgehead atoms. The first kappa shape index (κ1) is 37.3. The van der Waals surface area contributed by atoms with Crippen LogP contribution in [0.15, 0.2) is 31.5 Å². The van der Waals surface area contributed by atoms with Crippen LogP contribution in [0.4, 0.5) is 5.69 Å². The fraction of sp³-hybridized carbons (Fsp3) is 0.650. The molecule has 6 heterocycles. The van der Waals surface area contributed by atoms with E-state index in [1.807, 2.05) is 0 Å². The van der Waals surface area contributed by atoms with Crippen LogP contribution in [0, 0.1) is 0 Å². The van der Waals surface area contributed by atoms with E-state index in [0.29, 0.717) is 70.0 Å². The summed E-state index contributed by atoms with van der Waals surface area (Å²) in [6.07, 6.45) is 4.59. The summed E-state index contributed by atoms with van der Waals surface area (Å²) in [5.41, 5.74) is 0.0708. The van der Waals surface area contributed by atoms with Crippen LogP contribution in [0.5, 0.6) is 5.88 Å². The maximum Gasteiger partial charge on any atom is 0.263 e. The quantitative estimate of drug-likeness (QED) is 0.152. The van der Waals surface area contributed by atoms with Gasteiger partial charge in [-0.1, -0.05) is 0 Å². The zero-order chi connectivity index (χ0) is 37.3. The molecule has 4 saturated heterocycles. The standard InChI is InChI=1S/C40H56N8O6/c1-43-13-17-45(18-14-43)11-5-9-41-31-23-29-34-33-30(38(50)47(39(51)35(31)33)25-27-7-3-21-53-27)24-32(42-10-6-12-46-19-15-44(2)16-20-46)36(34)40(52)48(37(29)49)26-28-8-4-22-54-28/h23-24,27-28,41,49H,3-22,25-26H2,1-2H3/t27-,28+/m1/s1. The Kier molecular flexibility index (Phi) is 11.2. The summed E-state index contributed by atoms with van der Waals surface area (Å²) in [6.45, 7) is 12.7. The molecule has 1 aromatic heterocycles. The molecule has 1 aromatic carbocycles. The summed E-state index contributed by atoms with van der Waals surface area (Å²) in [5, 5.41) is 17.5. The second-order valence-corrected chi connectivity index (χ2v) is 16.0. The van der Waals surface area contributed by atoms with Crippen molar-refractivity contribution in [3.63, 3.8) is 0 Å². The molecule has 8 rings (SSSR count). The molecule has 2 aromatic rings. The van der Waals surface area contributed by atoms with Crippen molar-refractivity contribution in [2.75, 3.05) is 111 Å². The molecule has 0 saturated carbocycles. The topological polar surface area (TPSA) is 137 Å². The molecule has 0 unspecified atom stereocenters. The molecule has 1 aliphatic carbocycles. The van der Waals surface area contributed by atoms with Gasteiger partial charge in [0.25, 0.3) is 16.7 Å². The second kappa shape index (κ2) is 16.2. The number of likely N-dealkylation sites (N-methyl/N-ethyl adjacent to an activating group) is 2. The first-order valence-electron chi connectivity index (χ1n) is 20.1. The van der Waals surface area contributed by atoms with Gasteiger partial charge in [0.05, 0.1) is 47.0 Å². The predicted molar refractivity (Wildman–Crippen MR) is 211 cm³/mol. The molecule has 2 atom stereocenters. The zero-order valence-corrected chi connectivity index (χ0v) is 32.0. The highest BCUT2D eigenvalue weighted by atomic mass is 16.5. The number of aromatic hydroxyl groups is 1. The molecular weight excluding hydrogens is 688 g/mol. The zero-order valence-electron chi connectivity index (χ0n) is 32.0. The average Bonchev–Trinajstić information content (AvgIpc) is 3.90. The van der Waals surface area contributed by atoms with Gasteiger partial charge in [0.1, 0.15) is 0 Å². The van der Waals surface area contributed by atoms with Crippen LogP contribution in [-0.2, 0) is 22.6 Å². The van der Waals surface area contributed by atoms with E-state index < -0.39 is 11.1 Å². The van der Waals surface area contributed by atoms with Gasteiger partial charge in [0.15, 0.2) is 0 Å². The number of aromatic nitrogens is 2. The Morgan fingerprint density at radius 2 is 1.33 bits per heavy atom. The Morgan fingerprint density at radius 1 is 0.741 bits per heavy atom. The Morgan fingerprint density at radius 3 is 1.94 bits per heavy atom. The van der Waals surface area contributed by atoms with Crippen LogP contribution in [0.25, 0.3) is 32.7 Å². The summed E-state index contributed by atoms with van der Waals surface area (Å²) >= 11 is 0. The van der Waals surface area contributed by atoms with E-state index >= 15 is 0 Å². The molecule has 14 nitrogen and oxygen atoms in total. The molecule has 14 heteroatoms. The lowest BCUT2D eigenvalue weighted by Gasteiger charge is -2.32. The van der Waals surface area contributed by atoms with Gasteiger partial charge in [-0.15, -0.1) is 0 Å². The summed E-state index contributed by atoms with van der Waals surface area (Å²) in [4.78, 5) is 58.2. The van der Waals surface area contributed by atoms with E-state index in [4.69, 9.17) is 14.5 Å². The van der Waals surface area contributed by atoms with Crippen LogP contribution >= 0.6 is 0 Å². The lowest BCUT2D eigenvalue weighted by Crippen LogP contribution is -2.44. The minimum atomic E-state index is -0.421. The molecule has 6 aliphatic rings. The smallest absolute Gasteiger partial charge is 0.263 e. The number of benzene rings is 2. The van der Waals surface area contributed by atoms with Crippen molar-refractivity contribution >= 4 is 27.2 Å². The van der Waals surface area contributed by atoms with Gasteiger partial charge in [-0.05, 0) is 77.8 Å². The minimum absolute atomic E-state index is 0.161. The van der Waals surface area contributed by atoms with Crippen LogP contribution < -0.4 is 27.4 Å². The number of anilines is 1. The number of hydrogen-bond acceptors (Lipinski definition) is 12. The number of pyridine rings is 2. The number of rotatable bonds is 13. The largest absolute Gasteiger partial charge is 0.494 e. The van der Waals surface area contributed by atoms with E-state index in [9.17, 15) is 19.5 Å². The van der Waals surface area contributed by atoms with Crippen molar-refractivity contribution in [1.82, 2.24) is 28.7 Å². The van der Waals surface area contributed by atoms with Crippen LogP contribution in [0.1, 0.15) is 38.5 Å². The highest BCUT2D eigenvalue weighted by molar-refractivity contribution is 6.18. The van der Waals surface area contributed by atoms with E-state index in [1.54, 1.807) is 12.1 Å². The average molecular weight is 745 g/mol. The van der Waals surface area contributed by atoms with Crippen LogP contribution in [0.3, 0.4) is 0 Å². The van der Waals surface area contributed by atoms with Crippen molar-refractivity contribution in [1.29, 1.82) is 0 Å². The summed E-state index contributed by atoms with van der Waals surface area (Å²) in [7, 11) is 4.29. The lowest BCUT2D eigenvalue weighted by molar-refractivity contribution is 0.0942. The van der Waals surface area contributed by atoms with E-state index in [-0.39, 0.29) is 36.7 Å². The summed E-state index contributed by atoms with van der Waals surface area (Å²) < 4.78 is 14.5. The molecule has 54 heavy (non-hydrogen) atoms. The predicted octanol–water partition coefficient (Wildman–Crippen LogP) is 1.31.